The molecule has 0 spiro atoms. The third kappa shape index (κ3) is 6.20. The second-order valence-electron chi connectivity index (χ2n) is 6.70. The first-order chi connectivity index (χ1) is 10.1. The Morgan fingerprint density at radius 1 is 1.38 bits per heavy atom. The summed E-state index contributed by atoms with van der Waals surface area (Å²) in [5.74, 6) is 0.630. The van der Waals surface area contributed by atoms with Crippen LogP contribution in [0.1, 0.15) is 32.6 Å². The first-order valence-corrected chi connectivity index (χ1v) is 8.45. The van der Waals surface area contributed by atoms with Crippen molar-refractivity contribution >= 4 is 0 Å². The molecule has 2 rings (SSSR count). The molecule has 2 aliphatic rings. The lowest BCUT2D eigenvalue weighted by atomic mass is 9.88. The van der Waals surface area contributed by atoms with Crippen molar-refractivity contribution in [1.82, 2.24) is 10.2 Å². The van der Waals surface area contributed by atoms with Crippen molar-refractivity contribution in [3.8, 4) is 0 Å². The van der Waals surface area contributed by atoms with Crippen LogP contribution in [0.5, 0.6) is 0 Å². The summed E-state index contributed by atoms with van der Waals surface area (Å²) < 4.78 is 11.6. The van der Waals surface area contributed by atoms with Gasteiger partial charge in [-0.3, -0.25) is 0 Å². The van der Waals surface area contributed by atoms with Crippen LogP contribution in [0.2, 0.25) is 0 Å². The minimum Gasteiger partial charge on any atom is -0.389 e. The Bertz CT molecular complexity index is 291. The molecule has 4 atom stereocenters. The second-order valence-corrected chi connectivity index (χ2v) is 6.70. The van der Waals surface area contributed by atoms with Gasteiger partial charge in [-0.2, -0.15) is 0 Å². The maximum Gasteiger partial charge on any atom is 0.0897 e. The van der Waals surface area contributed by atoms with E-state index in [1.165, 1.54) is 19.3 Å². The van der Waals surface area contributed by atoms with Gasteiger partial charge >= 0.3 is 0 Å². The summed E-state index contributed by atoms with van der Waals surface area (Å²) in [4.78, 5) is 2.28. The van der Waals surface area contributed by atoms with Crippen molar-refractivity contribution in [1.29, 1.82) is 0 Å². The van der Waals surface area contributed by atoms with Crippen LogP contribution in [-0.4, -0.2) is 74.8 Å². The monoisotopic (exact) mass is 300 g/mol. The number of ether oxygens (including phenoxy) is 2. The van der Waals surface area contributed by atoms with Gasteiger partial charge < -0.3 is 24.8 Å². The van der Waals surface area contributed by atoms with Crippen LogP contribution in [0.4, 0.5) is 0 Å². The summed E-state index contributed by atoms with van der Waals surface area (Å²) in [7, 11) is 2.11. The molecule has 0 aromatic heterocycles. The molecule has 5 nitrogen and oxygen atoms in total. The predicted molar refractivity (Wildman–Crippen MR) is 83.5 cm³/mol. The van der Waals surface area contributed by atoms with E-state index < -0.39 is 6.10 Å². The van der Waals surface area contributed by atoms with Crippen molar-refractivity contribution in [3.05, 3.63) is 0 Å². The van der Waals surface area contributed by atoms with Crippen LogP contribution in [0.3, 0.4) is 0 Å². The van der Waals surface area contributed by atoms with Crippen molar-refractivity contribution in [3.63, 3.8) is 0 Å². The Kier molecular flexibility index (Phi) is 7.40. The number of hydrogen-bond donors (Lipinski definition) is 2. The van der Waals surface area contributed by atoms with E-state index in [2.05, 4.69) is 24.2 Å². The van der Waals surface area contributed by atoms with Crippen LogP contribution in [0.15, 0.2) is 0 Å². The maximum absolute atomic E-state index is 10.0. The molecule has 1 aliphatic carbocycles. The lowest BCUT2D eigenvalue weighted by Crippen LogP contribution is -2.46. The largest absolute Gasteiger partial charge is 0.389 e. The summed E-state index contributed by atoms with van der Waals surface area (Å²) in [6.45, 7) is 6.82. The molecule has 1 saturated carbocycles. The summed E-state index contributed by atoms with van der Waals surface area (Å²) >= 11 is 0. The molecule has 2 fully saturated rings. The molecular formula is C16H32N2O3. The average molecular weight is 300 g/mol. The van der Waals surface area contributed by atoms with Crippen LogP contribution in [0, 0.1) is 5.92 Å². The van der Waals surface area contributed by atoms with Gasteiger partial charge in [0.15, 0.2) is 0 Å². The molecule has 2 N–H and O–H groups in total. The second kappa shape index (κ2) is 9.06. The van der Waals surface area contributed by atoms with Gasteiger partial charge in [-0.25, -0.2) is 0 Å². The molecule has 0 amide bonds. The molecule has 5 heteroatoms. The van der Waals surface area contributed by atoms with E-state index in [1.807, 2.05) is 0 Å². The van der Waals surface area contributed by atoms with E-state index in [0.717, 1.165) is 32.7 Å². The highest BCUT2D eigenvalue weighted by atomic mass is 16.5. The molecular weight excluding hydrogens is 268 g/mol. The smallest absolute Gasteiger partial charge is 0.0897 e. The van der Waals surface area contributed by atoms with Crippen LogP contribution in [-0.2, 0) is 9.47 Å². The summed E-state index contributed by atoms with van der Waals surface area (Å²) in [5.41, 5.74) is 0. The molecule has 1 saturated heterocycles. The third-order valence-corrected chi connectivity index (χ3v) is 4.63. The van der Waals surface area contributed by atoms with Crippen LogP contribution < -0.4 is 5.32 Å². The summed E-state index contributed by atoms with van der Waals surface area (Å²) in [6, 6.07) is 0. The first-order valence-electron chi connectivity index (χ1n) is 8.45. The van der Waals surface area contributed by atoms with Gasteiger partial charge in [-0.15, -0.1) is 0 Å². The van der Waals surface area contributed by atoms with Crippen molar-refractivity contribution in [2.24, 2.45) is 5.92 Å². The van der Waals surface area contributed by atoms with E-state index in [9.17, 15) is 5.11 Å². The zero-order valence-corrected chi connectivity index (χ0v) is 13.6. The standard InChI is InChI=1S/C16H32N2O3/c1-13-5-3-4-6-16(13)21-12-14(19)9-17-10-15-11-18(2)7-8-20-15/h13-17,19H,3-12H2,1-2H3. The Morgan fingerprint density at radius 2 is 2.19 bits per heavy atom. The zero-order chi connectivity index (χ0) is 15.1. The Morgan fingerprint density at radius 3 is 2.95 bits per heavy atom. The number of aliphatic hydroxyl groups is 1. The molecule has 0 bridgehead atoms. The van der Waals surface area contributed by atoms with E-state index >= 15 is 0 Å². The Labute approximate surface area is 129 Å². The highest BCUT2D eigenvalue weighted by Gasteiger charge is 2.23. The molecule has 1 heterocycles. The molecule has 124 valence electrons. The SMILES string of the molecule is CC1CCCCC1OCC(O)CNCC1CN(C)CCO1. The lowest BCUT2D eigenvalue weighted by Gasteiger charge is -2.31. The molecule has 0 radical (unpaired) electrons. The summed E-state index contributed by atoms with van der Waals surface area (Å²) in [5, 5.41) is 13.3. The van der Waals surface area contributed by atoms with E-state index in [4.69, 9.17) is 9.47 Å². The zero-order valence-electron chi connectivity index (χ0n) is 13.6. The summed E-state index contributed by atoms with van der Waals surface area (Å²) in [6.07, 6.45) is 5.12. The Hall–Kier alpha value is -0.200. The highest BCUT2D eigenvalue weighted by Crippen LogP contribution is 2.26. The van der Waals surface area contributed by atoms with Crippen LogP contribution in [0.25, 0.3) is 0 Å². The van der Waals surface area contributed by atoms with Crippen LogP contribution >= 0.6 is 0 Å². The van der Waals surface area contributed by atoms with Crippen molar-refractivity contribution in [2.45, 2.75) is 50.9 Å². The number of nitrogens with zero attached hydrogens (tertiary/aromatic N) is 1. The number of likely N-dealkylation sites (N-methyl/N-ethyl adjacent to an activating group) is 1. The van der Waals surface area contributed by atoms with Gasteiger partial charge in [0.05, 0.1) is 31.5 Å². The minimum absolute atomic E-state index is 0.232. The van der Waals surface area contributed by atoms with Gasteiger partial charge in [-0.05, 0) is 25.8 Å². The van der Waals surface area contributed by atoms with Gasteiger partial charge in [0.25, 0.3) is 0 Å². The minimum atomic E-state index is -0.430. The van der Waals surface area contributed by atoms with Gasteiger partial charge in [-0.1, -0.05) is 19.8 Å². The molecule has 0 aromatic carbocycles. The first kappa shape index (κ1) is 17.2. The van der Waals surface area contributed by atoms with E-state index in [0.29, 0.717) is 25.2 Å². The quantitative estimate of drug-likeness (QED) is 0.730. The normalized spacial score (nSPS) is 33.0. The molecule has 21 heavy (non-hydrogen) atoms. The van der Waals surface area contributed by atoms with E-state index in [-0.39, 0.29) is 6.10 Å². The third-order valence-electron chi connectivity index (χ3n) is 4.63. The molecule has 0 aromatic rings. The van der Waals surface area contributed by atoms with E-state index in [1.54, 1.807) is 0 Å². The van der Waals surface area contributed by atoms with Crippen molar-refractivity contribution < 1.29 is 14.6 Å². The number of hydrogen-bond acceptors (Lipinski definition) is 5. The average Bonchev–Trinajstić information content (AvgIpc) is 2.46. The maximum atomic E-state index is 10.0. The fourth-order valence-electron chi connectivity index (χ4n) is 3.22. The van der Waals surface area contributed by atoms with Gasteiger partial charge in [0, 0.05) is 26.2 Å². The lowest BCUT2D eigenvalue weighted by molar-refractivity contribution is -0.0478. The number of nitrogens with one attached hydrogen (secondary N) is 1. The highest BCUT2D eigenvalue weighted by molar-refractivity contribution is 4.74. The predicted octanol–water partition coefficient (Wildman–Crippen LogP) is 0.863. The number of rotatable bonds is 7. The van der Waals surface area contributed by atoms with Gasteiger partial charge in [0.2, 0.25) is 0 Å². The molecule has 4 unspecified atom stereocenters. The topological polar surface area (TPSA) is 54.0 Å². The number of morpholine rings is 1. The van der Waals surface area contributed by atoms with Gasteiger partial charge in [0.1, 0.15) is 0 Å². The number of aliphatic hydroxyl groups excluding tert-OH is 1. The molecule has 1 aliphatic heterocycles. The fraction of sp³-hybridized carbons (Fsp3) is 1.00. The fourth-order valence-corrected chi connectivity index (χ4v) is 3.22. The Balaban J connectivity index is 1.53. The van der Waals surface area contributed by atoms with Crippen molar-refractivity contribution in [2.75, 3.05) is 46.4 Å².